The molecule has 2 heterocycles. The van der Waals surface area contributed by atoms with E-state index in [0.29, 0.717) is 24.6 Å². The van der Waals surface area contributed by atoms with Crippen LogP contribution in [0.25, 0.3) is 65.9 Å². The van der Waals surface area contributed by atoms with Gasteiger partial charge in [0.15, 0.2) is 0 Å². The third kappa shape index (κ3) is 4.33. The van der Waals surface area contributed by atoms with Gasteiger partial charge in [0.2, 0.25) is 0 Å². The van der Waals surface area contributed by atoms with Crippen LogP contribution in [0, 0.1) is 49.4 Å². The highest BCUT2D eigenvalue weighted by atomic mass is 16.5. The summed E-state index contributed by atoms with van der Waals surface area (Å²) in [7, 11) is 0. The zero-order valence-corrected chi connectivity index (χ0v) is 25.1. The number of nitrogens with zero attached hydrogens (tertiary/aromatic N) is 2. The summed E-state index contributed by atoms with van der Waals surface area (Å²) in [6.07, 6.45) is 23.5. The highest BCUT2D eigenvalue weighted by molar-refractivity contribution is 6.33. The maximum Gasteiger partial charge on any atom is 0.148 e. The van der Waals surface area contributed by atoms with Crippen molar-refractivity contribution in [3.8, 4) is 83.1 Å². The molecule has 0 atom stereocenters. The number of fused-ring (bicyclic) bond motifs is 6. The number of terminal acetylenes is 4. The molecule has 0 aliphatic heterocycles. The van der Waals surface area contributed by atoms with Crippen molar-refractivity contribution in [2.24, 2.45) is 0 Å². The first-order chi connectivity index (χ1) is 22.7. The molecule has 4 nitrogen and oxygen atoms in total. The molecule has 0 aliphatic rings. The number of ether oxygens (including phenoxy) is 2. The van der Waals surface area contributed by atoms with Crippen molar-refractivity contribution in [1.29, 1.82) is 0 Å². The van der Waals surface area contributed by atoms with Crippen molar-refractivity contribution < 1.29 is 9.47 Å². The lowest BCUT2D eigenvalue weighted by Crippen LogP contribution is -2.03. The number of hydrogen-bond donors (Lipinski definition) is 0. The smallest absolute Gasteiger partial charge is 0.148 e. The Morgan fingerprint density at radius 2 is 0.870 bits per heavy atom. The Hall–Kier alpha value is -6.46. The van der Waals surface area contributed by atoms with Crippen LogP contribution in [0.4, 0.5) is 0 Å². The van der Waals surface area contributed by atoms with E-state index in [0.717, 1.165) is 65.9 Å². The molecule has 2 aromatic heterocycles. The summed E-state index contributed by atoms with van der Waals surface area (Å²) in [5, 5.41) is 4.16. The molecule has 0 saturated heterocycles. The number of para-hydroxylation sites is 4. The minimum atomic E-state index is 0.132. The molecule has 218 valence electrons. The second-order valence-corrected chi connectivity index (χ2v) is 10.8. The Labute approximate surface area is 268 Å². The van der Waals surface area contributed by atoms with Gasteiger partial charge in [-0.2, -0.15) is 0 Å². The summed E-state index contributed by atoms with van der Waals surface area (Å²) >= 11 is 0. The summed E-state index contributed by atoms with van der Waals surface area (Å²) in [4.78, 5) is 0. The normalized spacial score (nSPS) is 10.9. The Kier molecular flexibility index (Phi) is 7.33. The maximum atomic E-state index is 6.19. The predicted octanol–water partition coefficient (Wildman–Crippen LogP) is 8.53. The second-order valence-electron chi connectivity index (χ2n) is 10.8. The van der Waals surface area contributed by atoms with E-state index in [1.807, 2.05) is 48.5 Å². The molecule has 7 rings (SSSR count). The van der Waals surface area contributed by atoms with E-state index < -0.39 is 0 Å². The molecule has 4 heteroatoms. The number of aromatic nitrogens is 2. The Morgan fingerprint density at radius 1 is 0.478 bits per heavy atom. The highest BCUT2D eigenvalue weighted by Gasteiger charge is 2.29. The number of hydrogen-bond acceptors (Lipinski definition) is 2. The molecule has 0 bridgehead atoms. The third-order valence-corrected chi connectivity index (χ3v) is 8.35. The van der Waals surface area contributed by atoms with Crippen LogP contribution in [0.1, 0.15) is 0 Å². The van der Waals surface area contributed by atoms with Crippen LogP contribution < -0.4 is 9.47 Å². The van der Waals surface area contributed by atoms with Gasteiger partial charge in [-0.25, -0.2) is 0 Å². The zero-order valence-electron chi connectivity index (χ0n) is 25.1. The summed E-state index contributed by atoms with van der Waals surface area (Å²) in [6, 6.07) is 32.7. The van der Waals surface area contributed by atoms with E-state index in [4.69, 9.17) is 35.2 Å². The van der Waals surface area contributed by atoms with Crippen LogP contribution >= 0.6 is 0 Å². The van der Waals surface area contributed by atoms with E-state index in [-0.39, 0.29) is 13.2 Å². The van der Waals surface area contributed by atoms with Gasteiger partial charge in [-0.3, -0.25) is 0 Å². The van der Waals surface area contributed by atoms with Crippen LogP contribution in [0.15, 0.2) is 97.1 Å². The fourth-order valence-electron chi connectivity index (χ4n) is 6.74. The maximum absolute atomic E-state index is 6.19. The van der Waals surface area contributed by atoms with Crippen LogP contribution in [0.2, 0.25) is 0 Å². The molecule has 5 aromatic carbocycles. The second kappa shape index (κ2) is 11.9. The number of rotatable bonds is 8. The monoisotopic (exact) mass is 592 g/mol. The SMILES string of the molecule is C#CCOc1ccccc1-c1c2c3ccccc3n(CC#C)c2c(-c2ccccc2OCC#C)c2c3ccccc3n(CC#C)c12. The molecule has 0 aliphatic carbocycles. The van der Waals surface area contributed by atoms with Crippen LogP contribution in [-0.2, 0) is 13.1 Å². The summed E-state index contributed by atoms with van der Waals surface area (Å²) in [6.45, 7) is 0.974. The van der Waals surface area contributed by atoms with Gasteiger partial charge in [0.05, 0.1) is 35.2 Å². The predicted molar refractivity (Wildman–Crippen MR) is 190 cm³/mol. The summed E-state index contributed by atoms with van der Waals surface area (Å²) in [5.41, 5.74) is 7.78. The molecule has 0 fully saturated rings. The van der Waals surface area contributed by atoms with Crippen LogP contribution in [0.5, 0.6) is 11.5 Å². The molecule has 0 saturated carbocycles. The van der Waals surface area contributed by atoms with Gasteiger partial charge in [-0.05, 0) is 24.3 Å². The van der Waals surface area contributed by atoms with Gasteiger partial charge < -0.3 is 18.6 Å². The third-order valence-electron chi connectivity index (χ3n) is 8.35. The highest BCUT2D eigenvalue weighted by Crippen LogP contribution is 2.53. The first-order valence-corrected chi connectivity index (χ1v) is 14.9. The Morgan fingerprint density at radius 3 is 1.28 bits per heavy atom. The Bertz CT molecular complexity index is 2310. The standard InChI is InChI=1S/C42H28N2O2/c1-5-25-43-33-21-13-9-17-29(33)37-40(32-20-12-16-24-36(32)46-28-8-4)42-38(30-18-10-14-22-34(30)44(42)26-6-2)39(41(37)43)31-19-11-15-23-35(31)45-27-7-3/h1-4,9-24H,25-28H2. The molecule has 46 heavy (non-hydrogen) atoms. The fourth-order valence-corrected chi connectivity index (χ4v) is 6.74. The topological polar surface area (TPSA) is 28.3 Å². The van der Waals surface area contributed by atoms with Crippen LogP contribution in [0.3, 0.4) is 0 Å². The first-order valence-electron chi connectivity index (χ1n) is 14.9. The first kappa shape index (κ1) is 28.3. The molecule has 0 N–H and O–H groups in total. The van der Waals surface area contributed by atoms with Gasteiger partial charge in [0.1, 0.15) is 24.7 Å². The lowest BCUT2D eigenvalue weighted by molar-refractivity contribution is 0.372. The largest absolute Gasteiger partial charge is 0.480 e. The minimum absolute atomic E-state index is 0.132. The van der Waals surface area contributed by atoms with E-state index in [2.05, 4.69) is 81.3 Å². The molecule has 0 radical (unpaired) electrons. The van der Waals surface area contributed by atoms with Gasteiger partial charge in [-0.15, -0.1) is 25.7 Å². The van der Waals surface area contributed by atoms with Crippen molar-refractivity contribution in [2.45, 2.75) is 13.1 Å². The van der Waals surface area contributed by atoms with E-state index in [1.54, 1.807) is 0 Å². The van der Waals surface area contributed by atoms with Gasteiger partial charge in [0.25, 0.3) is 0 Å². The average Bonchev–Trinajstić information content (AvgIpc) is 3.59. The van der Waals surface area contributed by atoms with Crippen molar-refractivity contribution in [2.75, 3.05) is 13.2 Å². The van der Waals surface area contributed by atoms with Crippen LogP contribution in [-0.4, -0.2) is 22.3 Å². The summed E-state index contributed by atoms with van der Waals surface area (Å²) in [5.74, 6) is 12.4. The van der Waals surface area contributed by atoms with Gasteiger partial charge in [0, 0.05) is 43.8 Å². The van der Waals surface area contributed by atoms with Crippen molar-refractivity contribution in [1.82, 2.24) is 9.13 Å². The molecular weight excluding hydrogens is 564 g/mol. The molecule has 0 amide bonds. The lowest BCUT2D eigenvalue weighted by Gasteiger charge is -2.19. The Balaban J connectivity index is 1.85. The quantitative estimate of drug-likeness (QED) is 0.166. The molecule has 0 spiro atoms. The molecule has 0 unspecified atom stereocenters. The van der Waals surface area contributed by atoms with E-state index in [1.165, 1.54) is 0 Å². The lowest BCUT2D eigenvalue weighted by atomic mass is 9.89. The summed E-state index contributed by atoms with van der Waals surface area (Å²) < 4.78 is 16.8. The van der Waals surface area contributed by atoms with E-state index in [9.17, 15) is 0 Å². The fraction of sp³-hybridized carbons (Fsp3) is 0.0952. The van der Waals surface area contributed by atoms with Gasteiger partial charge >= 0.3 is 0 Å². The number of benzene rings is 5. The zero-order chi connectivity index (χ0) is 31.6. The van der Waals surface area contributed by atoms with Crippen molar-refractivity contribution >= 4 is 43.6 Å². The van der Waals surface area contributed by atoms with Crippen molar-refractivity contribution in [3.63, 3.8) is 0 Å². The van der Waals surface area contributed by atoms with Crippen molar-refractivity contribution in [3.05, 3.63) is 97.1 Å². The van der Waals surface area contributed by atoms with E-state index >= 15 is 0 Å². The van der Waals surface area contributed by atoms with Gasteiger partial charge in [-0.1, -0.05) is 96.5 Å². The minimum Gasteiger partial charge on any atom is -0.480 e. The molecule has 7 aromatic rings. The average molecular weight is 593 g/mol. The molecular formula is C42H28N2O2.